The number of nitrogens with one attached hydrogen (secondary N) is 2. The summed E-state index contributed by atoms with van der Waals surface area (Å²) in [5.74, 6) is 1.49. The molecule has 1 aromatic carbocycles. The Kier molecular flexibility index (Phi) is 4.72. The fourth-order valence-electron chi connectivity index (χ4n) is 1.31. The van der Waals surface area contributed by atoms with Crippen LogP contribution in [0, 0.1) is 0 Å². The number of nitrogens with zero attached hydrogens (tertiary/aromatic N) is 1. The van der Waals surface area contributed by atoms with Crippen LogP contribution in [-0.4, -0.2) is 22.4 Å². The third kappa shape index (κ3) is 3.01. The van der Waals surface area contributed by atoms with Gasteiger partial charge in [0.1, 0.15) is 0 Å². The van der Waals surface area contributed by atoms with Crippen LogP contribution in [0.15, 0.2) is 24.3 Å². The summed E-state index contributed by atoms with van der Waals surface area (Å²) in [5, 5.41) is 3.18. The van der Waals surface area contributed by atoms with Crippen molar-refractivity contribution >= 4 is 41.0 Å². The lowest BCUT2D eigenvalue weighted by Crippen LogP contribution is -2.02. The van der Waals surface area contributed by atoms with Crippen LogP contribution in [0.4, 0.5) is 5.95 Å². The van der Waals surface area contributed by atoms with E-state index >= 15 is 0 Å². The molecule has 0 saturated carbocycles. The number of aromatic nitrogens is 2. The van der Waals surface area contributed by atoms with Gasteiger partial charge in [-0.15, -0.1) is 24.0 Å². The molecule has 1 heterocycles. The Morgan fingerprint density at radius 1 is 1.33 bits per heavy atom. The molecule has 0 saturated heterocycles. The maximum atomic E-state index is 5.58. The number of benzene rings is 1. The van der Waals surface area contributed by atoms with Gasteiger partial charge in [0.2, 0.25) is 5.95 Å². The van der Waals surface area contributed by atoms with E-state index in [0.717, 1.165) is 29.9 Å². The highest BCUT2D eigenvalue weighted by Crippen LogP contribution is 2.12. The van der Waals surface area contributed by atoms with Crippen LogP contribution in [0.25, 0.3) is 11.0 Å². The zero-order valence-corrected chi connectivity index (χ0v) is 9.74. The van der Waals surface area contributed by atoms with Crippen LogP contribution >= 0.6 is 24.0 Å². The maximum Gasteiger partial charge on any atom is 0.201 e. The van der Waals surface area contributed by atoms with Crippen LogP contribution in [0.1, 0.15) is 6.42 Å². The van der Waals surface area contributed by atoms with Crippen molar-refractivity contribution in [2.24, 2.45) is 0 Å². The third-order valence-corrected chi connectivity index (χ3v) is 2.26. The van der Waals surface area contributed by atoms with Crippen molar-refractivity contribution < 1.29 is 0 Å². The Labute approximate surface area is 99.6 Å². The van der Waals surface area contributed by atoms with Gasteiger partial charge in [0.05, 0.1) is 11.0 Å². The predicted molar refractivity (Wildman–Crippen MR) is 67.2 cm³/mol. The number of alkyl halides is 1. The highest BCUT2D eigenvalue weighted by molar-refractivity contribution is 6.17. The minimum Gasteiger partial charge on any atom is -0.356 e. The highest BCUT2D eigenvalue weighted by atomic mass is 35.5. The van der Waals surface area contributed by atoms with Crippen molar-refractivity contribution in [2.45, 2.75) is 6.42 Å². The van der Waals surface area contributed by atoms with Gasteiger partial charge in [0, 0.05) is 12.4 Å². The van der Waals surface area contributed by atoms with Crippen molar-refractivity contribution in [2.75, 3.05) is 17.7 Å². The van der Waals surface area contributed by atoms with Crippen molar-refractivity contribution in [3.8, 4) is 0 Å². The second-order valence-electron chi connectivity index (χ2n) is 3.07. The molecular weight excluding hydrogens is 233 g/mol. The molecule has 1 aromatic heterocycles. The molecule has 0 fully saturated rings. The molecule has 0 radical (unpaired) electrons. The molecule has 0 unspecified atom stereocenters. The first kappa shape index (κ1) is 12.1. The summed E-state index contributed by atoms with van der Waals surface area (Å²) < 4.78 is 0. The van der Waals surface area contributed by atoms with Gasteiger partial charge in [-0.25, -0.2) is 4.98 Å². The summed E-state index contributed by atoms with van der Waals surface area (Å²) in [6, 6.07) is 7.96. The molecule has 0 aliphatic rings. The SMILES string of the molecule is Cl.ClCCCNc1nc2ccccc2[nH]1. The smallest absolute Gasteiger partial charge is 0.201 e. The molecule has 0 aliphatic carbocycles. The van der Waals surface area contributed by atoms with E-state index in [1.807, 2.05) is 24.3 Å². The van der Waals surface area contributed by atoms with Gasteiger partial charge in [-0.1, -0.05) is 12.1 Å². The summed E-state index contributed by atoms with van der Waals surface area (Å²) >= 11 is 5.58. The topological polar surface area (TPSA) is 40.7 Å². The summed E-state index contributed by atoms with van der Waals surface area (Å²) in [4.78, 5) is 7.56. The number of H-pyrrole nitrogens is 1. The molecular formula is C10H13Cl2N3. The Balaban J connectivity index is 0.00000112. The maximum absolute atomic E-state index is 5.58. The molecule has 15 heavy (non-hydrogen) atoms. The quantitative estimate of drug-likeness (QED) is 0.643. The fraction of sp³-hybridized carbons (Fsp3) is 0.300. The molecule has 0 bridgehead atoms. The third-order valence-electron chi connectivity index (χ3n) is 1.99. The van der Waals surface area contributed by atoms with Crippen molar-refractivity contribution in [3.05, 3.63) is 24.3 Å². The molecule has 2 rings (SSSR count). The minimum atomic E-state index is 0. The molecule has 5 heteroatoms. The van der Waals surface area contributed by atoms with Gasteiger partial charge in [-0.05, 0) is 18.6 Å². The largest absolute Gasteiger partial charge is 0.356 e. The molecule has 2 N–H and O–H groups in total. The second-order valence-corrected chi connectivity index (χ2v) is 3.45. The van der Waals surface area contributed by atoms with Crippen LogP contribution in [0.2, 0.25) is 0 Å². The number of hydrogen-bond acceptors (Lipinski definition) is 2. The number of imidazole rings is 1. The first-order chi connectivity index (χ1) is 6.90. The van der Waals surface area contributed by atoms with E-state index in [1.165, 1.54) is 0 Å². The van der Waals surface area contributed by atoms with Crippen molar-refractivity contribution in [3.63, 3.8) is 0 Å². The lowest BCUT2D eigenvalue weighted by Gasteiger charge is -1.98. The standard InChI is InChI=1S/C10H12ClN3.ClH/c11-6-3-7-12-10-13-8-4-1-2-5-9(8)14-10;/h1-2,4-5H,3,6-7H2,(H2,12,13,14);1H. The Morgan fingerprint density at radius 3 is 2.87 bits per heavy atom. The molecule has 0 spiro atoms. The molecule has 0 atom stereocenters. The lowest BCUT2D eigenvalue weighted by atomic mass is 10.3. The van der Waals surface area contributed by atoms with Gasteiger partial charge < -0.3 is 10.3 Å². The minimum absolute atomic E-state index is 0. The van der Waals surface area contributed by atoms with E-state index in [4.69, 9.17) is 11.6 Å². The van der Waals surface area contributed by atoms with Gasteiger partial charge in [0.15, 0.2) is 0 Å². The first-order valence-electron chi connectivity index (χ1n) is 4.65. The average Bonchev–Trinajstić information content (AvgIpc) is 2.60. The van der Waals surface area contributed by atoms with E-state index in [9.17, 15) is 0 Å². The lowest BCUT2D eigenvalue weighted by molar-refractivity contribution is 0.970. The zero-order valence-electron chi connectivity index (χ0n) is 8.16. The summed E-state index contributed by atoms with van der Waals surface area (Å²) in [6.45, 7) is 0.851. The van der Waals surface area contributed by atoms with Crippen LogP contribution in [-0.2, 0) is 0 Å². The Bertz CT molecular complexity index is 381. The van der Waals surface area contributed by atoms with Crippen LogP contribution in [0.5, 0.6) is 0 Å². The molecule has 3 nitrogen and oxygen atoms in total. The number of halogens is 2. The summed E-state index contributed by atoms with van der Waals surface area (Å²) in [6.07, 6.45) is 0.943. The highest BCUT2D eigenvalue weighted by Gasteiger charge is 1.99. The van der Waals surface area contributed by atoms with Crippen molar-refractivity contribution in [1.82, 2.24) is 9.97 Å². The number of para-hydroxylation sites is 2. The van der Waals surface area contributed by atoms with Gasteiger partial charge in [-0.3, -0.25) is 0 Å². The van der Waals surface area contributed by atoms with E-state index in [-0.39, 0.29) is 12.4 Å². The summed E-state index contributed by atoms with van der Waals surface area (Å²) in [7, 11) is 0. The zero-order chi connectivity index (χ0) is 9.80. The van der Waals surface area contributed by atoms with Crippen LogP contribution < -0.4 is 5.32 Å². The number of fused-ring (bicyclic) bond motifs is 1. The van der Waals surface area contributed by atoms with E-state index in [1.54, 1.807) is 0 Å². The van der Waals surface area contributed by atoms with Gasteiger partial charge in [-0.2, -0.15) is 0 Å². The first-order valence-corrected chi connectivity index (χ1v) is 5.18. The van der Waals surface area contributed by atoms with E-state index in [2.05, 4.69) is 15.3 Å². The number of hydrogen-bond donors (Lipinski definition) is 2. The van der Waals surface area contributed by atoms with Crippen LogP contribution in [0.3, 0.4) is 0 Å². The number of anilines is 1. The monoisotopic (exact) mass is 245 g/mol. The molecule has 0 aliphatic heterocycles. The van der Waals surface area contributed by atoms with Gasteiger partial charge >= 0.3 is 0 Å². The average molecular weight is 246 g/mol. The molecule has 0 amide bonds. The summed E-state index contributed by atoms with van der Waals surface area (Å²) in [5.41, 5.74) is 2.04. The predicted octanol–water partition coefficient (Wildman–Crippen LogP) is 3.03. The number of rotatable bonds is 4. The van der Waals surface area contributed by atoms with E-state index < -0.39 is 0 Å². The Morgan fingerprint density at radius 2 is 2.13 bits per heavy atom. The fourth-order valence-corrected chi connectivity index (χ4v) is 1.44. The van der Waals surface area contributed by atoms with E-state index in [0.29, 0.717) is 5.88 Å². The second kappa shape index (κ2) is 5.83. The molecule has 82 valence electrons. The molecule has 2 aromatic rings. The normalized spacial score (nSPS) is 9.93. The Hall–Kier alpha value is -0.930. The van der Waals surface area contributed by atoms with Crippen molar-refractivity contribution in [1.29, 1.82) is 0 Å². The van der Waals surface area contributed by atoms with Gasteiger partial charge in [0.25, 0.3) is 0 Å². The number of aromatic amines is 1.